The Labute approximate surface area is 167 Å². The number of primary sulfonamides is 1. The third-order valence-electron chi connectivity index (χ3n) is 4.67. The number of aromatic amines is 1. The molecule has 0 bridgehead atoms. The first kappa shape index (κ1) is 19.4. The Morgan fingerprint density at radius 2 is 2.21 bits per heavy atom. The summed E-state index contributed by atoms with van der Waals surface area (Å²) < 4.78 is 23.3. The van der Waals surface area contributed by atoms with E-state index in [-0.39, 0.29) is 16.1 Å². The lowest BCUT2D eigenvalue weighted by molar-refractivity contribution is 0.288. The number of allylic oxidation sites excluding steroid dienone is 1. The SMILES string of the molecule is NS(=O)(=O)C1=CCC(c2ncc(CCCO)c(Nc3cc(C4CC4)[nH]n3)n2)S1. The van der Waals surface area contributed by atoms with Gasteiger partial charge in [-0.05, 0) is 32.1 Å². The number of aliphatic hydroxyl groups excluding tert-OH is 1. The Hall–Kier alpha value is -1.95. The topological polar surface area (TPSA) is 147 Å². The standard InChI is InChI=1S/C17H22N6O3S2/c18-28(25,26)15-6-5-13(27-15)17-19-9-11(2-1-7-24)16(21-17)20-14-8-12(22-23-14)10-3-4-10/h6,8-10,13,24H,1-5,7H2,(H2,18,25,26)(H2,19,20,21,22,23). The number of thioether (sulfide) groups is 1. The molecule has 1 atom stereocenters. The van der Waals surface area contributed by atoms with Crippen molar-refractivity contribution in [3.63, 3.8) is 0 Å². The number of rotatable bonds is 8. The van der Waals surface area contributed by atoms with Gasteiger partial charge >= 0.3 is 0 Å². The molecule has 1 unspecified atom stereocenters. The first-order valence-corrected chi connectivity index (χ1v) is 11.6. The summed E-state index contributed by atoms with van der Waals surface area (Å²) in [7, 11) is -3.71. The van der Waals surface area contributed by atoms with Crippen LogP contribution in [-0.4, -0.2) is 40.3 Å². The number of hydrogen-bond acceptors (Lipinski definition) is 8. The van der Waals surface area contributed by atoms with Crippen molar-refractivity contribution in [1.82, 2.24) is 20.2 Å². The summed E-state index contributed by atoms with van der Waals surface area (Å²) in [6.07, 6.45) is 7.41. The fraction of sp³-hybridized carbons (Fsp3) is 0.471. The maximum Gasteiger partial charge on any atom is 0.243 e. The van der Waals surface area contributed by atoms with Crippen LogP contribution in [0.4, 0.5) is 11.6 Å². The number of aryl methyl sites for hydroxylation is 1. The molecule has 1 fully saturated rings. The predicted molar refractivity (Wildman–Crippen MR) is 107 cm³/mol. The molecule has 3 heterocycles. The summed E-state index contributed by atoms with van der Waals surface area (Å²) in [5, 5.41) is 24.8. The fourth-order valence-electron chi connectivity index (χ4n) is 3.04. The van der Waals surface area contributed by atoms with Gasteiger partial charge in [0.05, 0.1) is 5.25 Å². The average molecular weight is 423 g/mol. The van der Waals surface area contributed by atoms with E-state index in [0.717, 1.165) is 23.0 Å². The molecule has 11 heteroatoms. The maximum atomic E-state index is 11.6. The minimum absolute atomic E-state index is 0.0789. The number of sulfonamides is 1. The molecule has 150 valence electrons. The largest absolute Gasteiger partial charge is 0.396 e. The number of anilines is 2. The van der Waals surface area contributed by atoms with E-state index in [1.807, 2.05) is 6.07 Å². The van der Waals surface area contributed by atoms with Crippen LogP contribution >= 0.6 is 11.8 Å². The van der Waals surface area contributed by atoms with E-state index in [9.17, 15) is 8.42 Å². The van der Waals surface area contributed by atoms with Crippen LogP contribution in [0.5, 0.6) is 0 Å². The van der Waals surface area contributed by atoms with Crippen LogP contribution in [0, 0.1) is 0 Å². The smallest absolute Gasteiger partial charge is 0.243 e. The first-order valence-electron chi connectivity index (χ1n) is 9.12. The quantitative estimate of drug-likeness (QED) is 0.505. The number of H-pyrrole nitrogens is 1. The van der Waals surface area contributed by atoms with Gasteiger partial charge in [0, 0.05) is 36.0 Å². The van der Waals surface area contributed by atoms with Crippen LogP contribution in [0.1, 0.15) is 53.9 Å². The molecule has 1 saturated carbocycles. The highest BCUT2D eigenvalue weighted by Crippen LogP contribution is 2.44. The summed E-state index contributed by atoms with van der Waals surface area (Å²) in [4.78, 5) is 9.07. The molecule has 0 aromatic carbocycles. The Balaban J connectivity index is 1.56. The molecule has 1 aliphatic heterocycles. The fourth-order valence-corrected chi connectivity index (χ4v) is 5.14. The Morgan fingerprint density at radius 3 is 2.89 bits per heavy atom. The molecular formula is C17H22N6O3S2. The monoisotopic (exact) mass is 422 g/mol. The van der Waals surface area contributed by atoms with E-state index in [4.69, 9.17) is 10.2 Å². The van der Waals surface area contributed by atoms with Crippen molar-refractivity contribution in [3.05, 3.63) is 39.7 Å². The van der Waals surface area contributed by atoms with Gasteiger partial charge in [-0.1, -0.05) is 6.08 Å². The number of aliphatic hydroxyl groups is 1. The van der Waals surface area contributed by atoms with Crippen LogP contribution in [-0.2, 0) is 16.4 Å². The molecule has 0 spiro atoms. The van der Waals surface area contributed by atoms with Crippen molar-refractivity contribution >= 4 is 33.4 Å². The predicted octanol–water partition coefficient (Wildman–Crippen LogP) is 2.05. The third kappa shape index (κ3) is 4.37. The maximum absolute atomic E-state index is 11.6. The minimum Gasteiger partial charge on any atom is -0.396 e. The molecule has 0 radical (unpaired) electrons. The van der Waals surface area contributed by atoms with Crippen molar-refractivity contribution in [2.75, 3.05) is 11.9 Å². The van der Waals surface area contributed by atoms with Gasteiger partial charge in [0.1, 0.15) is 15.9 Å². The highest BCUT2D eigenvalue weighted by Gasteiger charge is 2.29. The lowest BCUT2D eigenvalue weighted by Crippen LogP contribution is -2.12. The molecule has 2 aromatic rings. The van der Waals surface area contributed by atoms with Crippen molar-refractivity contribution < 1.29 is 13.5 Å². The van der Waals surface area contributed by atoms with Crippen LogP contribution in [0.25, 0.3) is 0 Å². The molecule has 2 aliphatic rings. The van der Waals surface area contributed by atoms with E-state index in [1.165, 1.54) is 12.8 Å². The van der Waals surface area contributed by atoms with E-state index in [1.54, 1.807) is 12.3 Å². The van der Waals surface area contributed by atoms with Crippen LogP contribution < -0.4 is 10.5 Å². The zero-order valence-electron chi connectivity index (χ0n) is 15.1. The van der Waals surface area contributed by atoms with Gasteiger partial charge in [-0.3, -0.25) is 5.10 Å². The lowest BCUT2D eigenvalue weighted by Gasteiger charge is -2.13. The second-order valence-electron chi connectivity index (χ2n) is 6.95. The van der Waals surface area contributed by atoms with Crippen LogP contribution in [0.15, 0.2) is 22.6 Å². The molecule has 9 nitrogen and oxygen atoms in total. The molecular weight excluding hydrogens is 400 g/mol. The number of hydrogen-bond donors (Lipinski definition) is 4. The second kappa shape index (κ2) is 7.82. The van der Waals surface area contributed by atoms with E-state index >= 15 is 0 Å². The zero-order valence-corrected chi connectivity index (χ0v) is 16.8. The van der Waals surface area contributed by atoms with Gasteiger partial charge in [-0.2, -0.15) is 5.10 Å². The number of nitrogens with one attached hydrogen (secondary N) is 2. The zero-order chi connectivity index (χ0) is 19.7. The highest BCUT2D eigenvalue weighted by atomic mass is 32.3. The molecule has 1 aliphatic carbocycles. The Bertz CT molecular complexity index is 1000. The van der Waals surface area contributed by atoms with Crippen molar-refractivity contribution in [2.45, 2.75) is 43.3 Å². The summed E-state index contributed by atoms with van der Waals surface area (Å²) in [5.41, 5.74) is 1.98. The summed E-state index contributed by atoms with van der Waals surface area (Å²) >= 11 is 1.16. The summed E-state index contributed by atoms with van der Waals surface area (Å²) in [6.45, 7) is 0.0789. The van der Waals surface area contributed by atoms with Crippen LogP contribution in [0.3, 0.4) is 0 Å². The van der Waals surface area contributed by atoms with Gasteiger partial charge in [0.2, 0.25) is 10.0 Å². The van der Waals surface area contributed by atoms with Crippen molar-refractivity contribution in [1.29, 1.82) is 0 Å². The van der Waals surface area contributed by atoms with Gasteiger partial charge in [0.15, 0.2) is 5.82 Å². The molecule has 28 heavy (non-hydrogen) atoms. The normalized spacial score (nSPS) is 19.6. The second-order valence-corrected chi connectivity index (χ2v) is 9.98. The van der Waals surface area contributed by atoms with Gasteiger partial charge in [-0.25, -0.2) is 23.5 Å². The third-order valence-corrected chi connectivity index (χ3v) is 7.47. The van der Waals surface area contributed by atoms with Gasteiger partial charge in [0.25, 0.3) is 0 Å². The van der Waals surface area contributed by atoms with E-state index in [0.29, 0.717) is 42.6 Å². The van der Waals surface area contributed by atoms with Crippen molar-refractivity contribution in [3.8, 4) is 0 Å². The van der Waals surface area contributed by atoms with E-state index in [2.05, 4.69) is 25.5 Å². The van der Waals surface area contributed by atoms with E-state index < -0.39 is 10.0 Å². The lowest BCUT2D eigenvalue weighted by atomic mass is 10.1. The Kier molecular flexibility index (Phi) is 5.41. The number of nitrogens with zero attached hydrogens (tertiary/aromatic N) is 3. The average Bonchev–Trinajstić information content (AvgIpc) is 3.18. The van der Waals surface area contributed by atoms with Gasteiger partial charge < -0.3 is 10.4 Å². The molecule has 0 amide bonds. The van der Waals surface area contributed by atoms with Crippen molar-refractivity contribution in [2.24, 2.45) is 5.14 Å². The van der Waals surface area contributed by atoms with Gasteiger partial charge in [-0.15, -0.1) is 11.8 Å². The molecule has 0 saturated heterocycles. The Morgan fingerprint density at radius 1 is 1.39 bits per heavy atom. The summed E-state index contributed by atoms with van der Waals surface area (Å²) in [5.74, 6) is 2.40. The first-order chi connectivity index (χ1) is 13.4. The number of aromatic nitrogens is 4. The molecule has 4 rings (SSSR count). The minimum atomic E-state index is -3.71. The molecule has 2 aromatic heterocycles. The summed E-state index contributed by atoms with van der Waals surface area (Å²) in [6, 6.07) is 1.99. The molecule has 5 N–H and O–H groups in total. The number of nitrogens with two attached hydrogens (primary N) is 1. The highest BCUT2D eigenvalue weighted by molar-refractivity contribution is 8.18. The van der Waals surface area contributed by atoms with Crippen LogP contribution in [0.2, 0.25) is 0 Å².